The summed E-state index contributed by atoms with van der Waals surface area (Å²) in [5, 5.41) is 0.0878. The number of nitrogens with two attached hydrogens (primary N) is 1. The van der Waals surface area contributed by atoms with Gasteiger partial charge in [0.2, 0.25) is 0 Å². The summed E-state index contributed by atoms with van der Waals surface area (Å²) in [4.78, 5) is 4.03. The molecule has 0 aromatic carbocycles. The lowest BCUT2D eigenvalue weighted by molar-refractivity contribution is 0.511. The average molecular weight is 272 g/mol. The minimum absolute atomic E-state index is 0.0878. The van der Waals surface area contributed by atoms with Crippen molar-refractivity contribution in [3.8, 4) is 0 Å². The molecule has 1 aliphatic rings. The molecule has 18 heavy (non-hydrogen) atoms. The number of rotatable bonds is 4. The smallest absolute Gasteiger partial charge is 0.259 e. The maximum Gasteiger partial charge on any atom is 0.259 e. The molecular formula is C11H20N4O2S. The molecule has 2 rings (SSSR count). The predicted molar refractivity (Wildman–Crippen MR) is 68.4 cm³/mol. The van der Waals surface area contributed by atoms with E-state index in [4.69, 9.17) is 5.73 Å². The van der Waals surface area contributed by atoms with Crippen molar-refractivity contribution in [1.82, 2.24) is 14.3 Å². The first kappa shape index (κ1) is 13.5. The first-order valence-corrected chi connectivity index (χ1v) is 7.62. The zero-order valence-corrected chi connectivity index (χ0v) is 11.6. The number of hydrogen-bond acceptors (Lipinski definition) is 4. The number of hydrogen-bond donors (Lipinski definition) is 2. The van der Waals surface area contributed by atoms with Crippen LogP contribution in [0.25, 0.3) is 0 Å². The van der Waals surface area contributed by atoms with E-state index in [1.807, 2.05) is 0 Å². The first-order chi connectivity index (χ1) is 8.38. The van der Waals surface area contributed by atoms with Crippen molar-refractivity contribution in [1.29, 1.82) is 0 Å². The second-order valence-corrected chi connectivity index (χ2v) is 6.74. The van der Waals surface area contributed by atoms with Crippen LogP contribution in [-0.4, -0.2) is 30.6 Å². The SMILES string of the molecule is Cc1nc(S(=O)(=O)NCC2CCC(N)C2)cn1C. The van der Waals surface area contributed by atoms with Gasteiger partial charge in [-0.25, -0.2) is 18.1 Å². The second-order valence-electron chi connectivity index (χ2n) is 5.03. The van der Waals surface area contributed by atoms with Gasteiger partial charge in [-0.05, 0) is 32.1 Å². The summed E-state index contributed by atoms with van der Waals surface area (Å²) in [6.07, 6.45) is 4.39. The fourth-order valence-corrected chi connectivity index (χ4v) is 3.41. The van der Waals surface area contributed by atoms with Crippen molar-refractivity contribution < 1.29 is 8.42 Å². The summed E-state index contributed by atoms with van der Waals surface area (Å²) < 4.78 is 28.3. The zero-order chi connectivity index (χ0) is 13.3. The summed E-state index contributed by atoms with van der Waals surface area (Å²) in [7, 11) is -1.71. The molecule has 0 saturated heterocycles. The van der Waals surface area contributed by atoms with Gasteiger partial charge in [0, 0.05) is 25.8 Å². The highest BCUT2D eigenvalue weighted by Gasteiger charge is 2.25. The van der Waals surface area contributed by atoms with Crippen LogP contribution in [0, 0.1) is 12.8 Å². The molecule has 2 unspecified atom stereocenters. The molecule has 102 valence electrons. The molecule has 0 spiro atoms. The Morgan fingerprint density at radius 2 is 2.28 bits per heavy atom. The molecule has 1 fully saturated rings. The van der Waals surface area contributed by atoms with E-state index >= 15 is 0 Å². The van der Waals surface area contributed by atoms with Crippen LogP contribution >= 0.6 is 0 Å². The Balaban J connectivity index is 1.99. The van der Waals surface area contributed by atoms with Crippen molar-refractivity contribution in [3.63, 3.8) is 0 Å². The molecule has 7 heteroatoms. The van der Waals surface area contributed by atoms with E-state index in [2.05, 4.69) is 9.71 Å². The molecule has 0 radical (unpaired) electrons. The largest absolute Gasteiger partial charge is 0.337 e. The van der Waals surface area contributed by atoms with E-state index < -0.39 is 10.0 Å². The van der Waals surface area contributed by atoms with Crippen molar-refractivity contribution in [3.05, 3.63) is 12.0 Å². The Bertz CT molecular complexity index is 504. The second kappa shape index (κ2) is 4.99. The summed E-state index contributed by atoms with van der Waals surface area (Å²) in [5.74, 6) is 1.03. The van der Waals surface area contributed by atoms with Crippen LogP contribution in [0.4, 0.5) is 0 Å². The minimum atomic E-state index is -3.49. The van der Waals surface area contributed by atoms with Crippen LogP contribution in [0.2, 0.25) is 0 Å². The summed E-state index contributed by atoms with van der Waals surface area (Å²) in [6.45, 7) is 2.22. The van der Waals surface area contributed by atoms with Gasteiger partial charge in [-0.3, -0.25) is 0 Å². The number of sulfonamides is 1. The first-order valence-electron chi connectivity index (χ1n) is 6.13. The third kappa shape index (κ3) is 2.90. The highest BCUT2D eigenvalue weighted by atomic mass is 32.2. The summed E-state index contributed by atoms with van der Waals surface area (Å²) in [5.41, 5.74) is 5.81. The third-order valence-electron chi connectivity index (χ3n) is 3.51. The van der Waals surface area contributed by atoms with Crippen molar-refractivity contribution >= 4 is 10.0 Å². The molecule has 0 bridgehead atoms. The van der Waals surface area contributed by atoms with Crippen LogP contribution < -0.4 is 10.5 Å². The lowest BCUT2D eigenvalue weighted by Gasteiger charge is -2.10. The van der Waals surface area contributed by atoms with Gasteiger partial charge in [-0.1, -0.05) is 0 Å². The van der Waals surface area contributed by atoms with Crippen LogP contribution in [0.15, 0.2) is 11.2 Å². The maximum absolute atomic E-state index is 12.0. The van der Waals surface area contributed by atoms with Crippen LogP contribution in [0.3, 0.4) is 0 Å². The Morgan fingerprint density at radius 3 is 2.78 bits per heavy atom. The standard InChI is InChI=1S/C11H20N4O2S/c1-8-14-11(7-15(8)2)18(16,17)13-6-9-3-4-10(12)5-9/h7,9-10,13H,3-6,12H2,1-2H3. The monoisotopic (exact) mass is 272 g/mol. The van der Waals surface area contributed by atoms with Gasteiger partial charge in [0.05, 0.1) is 0 Å². The Hall–Kier alpha value is -0.920. The lowest BCUT2D eigenvalue weighted by Crippen LogP contribution is -2.29. The molecule has 1 aliphatic carbocycles. The molecule has 1 saturated carbocycles. The van der Waals surface area contributed by atoms with Gasteiger partial charge in [0.25, 0.3) is 10.0 Å². The number of imidazole rings is 1. The number of nitrogens with zero attached hydrogens (tertiary/aromatic N) is 2. The molecule has 1 heterocycles. The Labute approximate surface area is 108 Å². The topological polar surface area (TPSA) is 90.0 Å². The van der Waals surface area contributed by atoms with E-state index in [1.54, 1.807) is 18.5 Å². The molecule has 0 aliphatic heterocycles. The van der Waals surface area contributed by atoms with E-state index in [0.717, 1.165) is 19.3 Å². The van der Waals surface area contributed by atoms with Gasteiger partial charge < -0.3 is 10.3 Å². The Morgan fingerprint density at radius 1 is 1.56 bits per heavy atom. The normalized spacial score (nSPS) is 24.6. The van der Waals surface area contributed by atoms with Crippen LogP contribution in [0.1, 0.15) is 25.1 Å². The van der Waals surface area contributed by atoms with Gasteiger partial charge in [0.1, 0.15) is 5.82 Å². The predicted octanol–water partition coefficient (Wildman–Crippen LogP) is 0.134. The molecule has 2 atom stereocenters. The van der Waals surface area contributed by atoms with Crippen molar-refractivity contribution in [2.24, 2.45) is 18.7 Å². The van der Waals surface area contributed by atoms with E-state index in [0.29, 0.717) is 18.3 Å². The maximum atomic E-state index is 12.0. The summed E-state index contributed by atoms with van der Waals surface area (Å²) in [6, 6.07) is 0.219. The third-order valence-corrected chi connectivity index (χ3v) is 4.80. The van der Waals surface area contributed by atoms with Crippen LogP contribution in [0.5, 0.6) is 0 Å². The van der Waals surface area contributed by atoms with E-state index in [-0.39, 0.29) is 11.1 Å². The Kier molecular flexibility index (Phi) is 3.74. The molecular weight excluding hydrogens is 252 g/mol. The lowest BCUT2D eigenvalue weighted by atomic mass is 10.1. The van der Waals surface area contributed by atoms with Gasteiger partial charge in [-0.15, -0.1) is 0 Å². The molecule has 1 aromatic heterocycles. The van der Waals surface area contributed by atoms with Gasteiger partial charge >= 0.3 is 0 Å². The van der Waals surface area contributed by atoms with E-state index in [9.17, 15) is 8.42 Å². The van der Waals surface area contributed by atoms with Gasteiger partial charge in [-0.2, -0.15) is 0 Å². The van der Waals surface area contributed by atoms with E-state index in [1.165, 1.54) is 6.20 Å². The van der Waals surface area contributed by atoms with Crippen LogP contribution in [-0.2, 0) is 17.1 Å². The highest BCUT2D eigenvalue weighted by molar-refractivity contribution is 7.89. The quantitative estimate of drug-likeness (QED) is 0.815. The molecule has 6 nitrogen and oxygen atoms in total. The fraction of sp³-hybridized carbons (Fsp3) is 0.727. The molecule has 3 N–H and O–H groups in total. The van der Waals surface area contributed by atoms with Crippen molar-refractivity contribution in [2.75, 3.05) is 6.54 Å². The number of aromatic nitrogens is 2. The zero-order valence-electron chi connectivity index (χ0n) is 10.8. The van der Waals surface area contributed by atoms with Crippen molar-refractivity contribution in [2.45, 2.75) is 37.3 Å². The van der Waals surface area contributed by atoms with Gasteiger partial charge in [0.15, 0.2) is 5.03 Å². The summed E-state index contributed by atoms with van der Waals surface area (Å²) >= 11 is 0. The number of aryl methyl sites for hydroxylation is 2. The molecule has 0 amide bonds. The number of nitrogens with one attached hydrogen (secondary N) is 1. The fourth-order valence-electron chi connectivity index (χ4n) is 2.26. The minimum Gasteiger partial charge on any atom is -0.337 e. The highest BCUT2D eigenvalue weighted by Crippen LogP contribution is 2.23. The average Bonchev–Trinajstić information content (AvgIpc) is 2.84. The molecule has 1 aromatic rings.